The van der Waals surface area contributed by atoms with Gasteiger partial charge in [0.2, 0.25) is 0 Å². The lowest BCUT2D eigenvalue weighted by molar-refractivity contribution is -0.151. The second-order valence-corrected chi connectivity index (χ2v) is 6.87. The first-order chi connectivity index (χ1) is 10.6. The van der Waals surface area contributed by atoms with Gasteiger partial charge < -0.3 is 9.64 Å². The average molecular weight is 364 g/mol. The number of halogens is 1. The van der Waals surface area contributed by atoms with Crippen molar-refractivity contribution < 1.29 is 9.53 Å². The normalized spacial score (nSPS) is 16.9. The lowest BCUT2D eigenvalue weighted by Gasteiger charge is -2.28. The quantitative estimate of drug-likeness (QED) is 0.681. The molecule has 3 nitrogen and oxygen atoms in total. The van der Waals surface area contributed by atoms with Crippen LogP contribution in [-0.4, -0.2) is 37.1 Å². The third-order valence-electron chi connectivity index (χ3n) is 4.78. The monoisotopic (exact) mass is 364 g/mol. The molecule has 1 aromatic rings. The number of carbonyl (C=O) groups excluding carboxylic acids is 1. The van der Waals surface area contributed by atoms with Crippen molar-refractivity contribution in [2.45, 2.75) is 44.9 Å². The van der Waals surface area contributed by atoms with Gasteiger partial charge in [-0.1, -0.05) is 54.8 Å². The van der Waals surface area contributed by atoms with Crippen LogP contribution in [0.4, 0.5) is 0 Å². The molecule has 0 unspecified atom stereocenters. The van der Waals surface area contributed by atoms with Crippen molar-refractivity contribution in [2.24, 2.45) is 0 Å². The van der Waals surface area contributed by atoms with Crippen molar-refractivity contribution in [3.63, 3.8) is 0 Å². The zero-order valence-electron chi connectivity index (χ0n) is 13.6. The number of hydrogen-bond acceptors (Lipinski definition) is 3. The van der Waals surface area contributed by atoms with E-state index in [9.17, 15) is 4.79 Å². The molecule has 4 heteroatoms. The molecule has 0 bridgehead atoms. The fourth-order valence-electron chi connectivity index (χ4n) is 3.30. The summed E-state index contributed by atoms with van der Waals surface area (Å²) < 4.78 is 6.70. The Balaban J connectivity index is 2.04. The zero-order chi connectivity index (χ0) is 16.0. The number of nitrogens with zero attached hydrogens (tertiary/aromatic N) is 1. The molecule has 1 fully saturated rings. The molecule has 1 aliphatic carbocycles. The van der Waals surface area contributed by atoms with Gasteiger partial charge in [-0.15, -0.1) is 0 Å². The van der Waals surface area contributed by atoms with E-state index in [0.717, 1.165) is 55.4 Å². The largest absolute Gasteiger partial charge is 0.464 e. The molecule has 122 valence electrons. The molecule has 22 heavy (non-hydrogen) atoms. The van der Waals surface area contributed by atoms with Crippen LogP contribution in [0.15, 0.2) is 28.7 Å². The van der Waals surface area contributed by atoms with Crippen molar-refractivity contribution in [2.75, 3.05) is 26.2 Å². The maximum absolute atomic E-state index is 12.8. The van der Waals surface area contributed by atoms with Crippen LogP contribution < -0.4 is 0 Å². The number of rotatable bonds is 7. The van der Waals surface area contributed by atoms with Gasteiger partial charge in [-0.2, -0.15) is 0 Å². The number of likely N-dealkylation sites (N-methyl/N-ethyl adjacent to an activating group) is 1. The van der Waals surface area contributed by atoms with Gasteiger partial charge in [-0.3, -0.25) is 4.79 Å². The highest BCUT2D eigenvalue weighted by atomic mass is 75.9. The Morgan fingerprint density at radius 2 is 1.77 bits per heavy atom. The number of hydrogen-bond donors (Lipinski definition) is 0. The molecule has 0 atom stereocenters. The lowest BCUT2D eigenvalue weighted by atomic mass is 9.79. The van der Waals surface area contributed by atoms with E-state index in [4.69, 9.17) is 4.74 Å². The molecule has 0 N–H and O–H groups in total. The molecule has 0 aromatic heterocycles. The van der Waals surface area contributed by atoms with Crippen LogP contribution in [-0.2, 0) is 14.9 Å². The van der Waals surface area contributed by atoms with Gasteiger partial charge in [0, 0.05) is 11.0 Å². The van der Waals surface area contributed by atoms with E-state index in [0.29, 0.717) is 6.61 Å². The van der Waals surface area contributed by atoms with Gasteiger partial charge in [-0.25, -0.2) is 0 Å². The fourth-order valence-corrected chi connectivity index (χ4v) is 3.57. The Bertz CT molecular complexity index is 476. The molecule has 1 aliphatic rings. The molecule has 0 spiro atoms. The number of esters is 1. The Kier molecular flexibility index (Phi) is 6.45. The second kappa shape index (κ2) is 8.11. The fraction of sp³-hybridized carbons (Fsp3) is 0.611. The summed E-state index contributed by atoms with van der Waals surface area (Å²) >= 11 is 3.46. The molecule has 1 saturated carbocycles. The summed E-state index contributed by atoms with van der Waals surface area (Å²) in [5.41, 5.74) is 0.672. The predicted molar refractivity (Wildman–Crippen MR) is 93.0 cm³/mol. The molecule has 0 saturated heterocycles. The highest BCUT2D eigenvalue weighted by molar-refractivity contribution is 9.10. The van der Waals surface area contributed by atoms with Crippen LogP contribution in [0.5, 0.6) is 0 Å². The number of benzene rings is 1. The Morgan fingerprint density at radius 1 is 1.18 bits per heavy atom. The lowest BCUT2D eigenvalue weighted by Crippen LogP contribution is -2.36. The van der Waals surface area contributed by atoms with Gasteiger partial charge >= 0.3 is 5.97 Å². The summed E-state index contributed by atoms with van der Waals surface area (Å²) in [6.07, 6.45) is 4.00. The van der Waals surface area contributed by atoms with Crippen molar-refractivity contribution in [1.29, 1.82) is 0 Å². The van der Waals surface area contributed by atoms with Gasteiger partial charge in [0.15, 0.2) is 0 Å². The van der Waals surface area contributed by atoms with Gasteiger partial charge in [0.25, 0.3) is 0 Å². The Hall–Kier alpha value is -0.870. The van der Waals surface area contributed by atoms with Crippen LogP contribution in [0, 0.1) is 0 Å². The van der Waals surface area contributed by atoms with E-state index >= 15 is 0 Å². The third-order valence-corrected chi connectivity index (χ3v) is 5.31. The van der Waals surface area contributed by atoms with Crippen LogP contribution in [0.3, 0.4) is 0 Å². The second-order valence-electron chi connectivity index (χ2n) is 5.96. The van der Waals surface area contributed by atoms with Gasteiger partial charge in [0.1, 0.15) is 6.61 Å². The smallest absolute Gasteiger partial charge is 0.316 e. The van der Waals surface area contributed by atoms with Crippen molar-refractivity contribution in [3.8, 4) is 0 Å². The highest BCUT2D eigenvalue weighted by Gasteiger charge is 2.44. The highest BCUT2D eigenvalue weighted by Crippen LogP contribution is 2.42. The van der Waals surface area contributed by atoms with Gasteiger partial charge in [0.05, 0.1) is 5.41 Å². The average Bonchev–Trinajstić information content (AvgIpc) is 3.03. The Morgan fingerprint density at radius 3 is 2.32 bits per heavy atom. The topological polar surface area (TPSA) is 29.5 Å². The molecule has 0 heterocycles. The van der Waals surface area contributed by atoms with Crippen molar-refractivity contribution in [3.05, 3.63) is 34.3 Å². The predicted octanol–water partition coefficient (Wildman–Crippen LogP) is 4.15. The minimum absolute atomic E-state index is 0.0421. The third kappa shape index (κ3) is 3.90. The van der Waals surface area contributed by atoms with E-state index in [-0.39, 0.29) is 5.97 Å². The molecule has 0 amide bonds. The summed E-state index contributed by atoms with van der Waals surface area (Å²) in [6, 6.07) is 8.14. The van der Waals surface area contributed by atoms with Crippen LogP contribution >= 0.6 is 15.9 Å². The van der Waals surface area contributed by atoms with Crippen LogP contribution in [0.1, 0.15) is 45.1 Å². The first kappa shape index (κ1) is 17.5. The first-order valence-electron chi connectivity index (χ1n) is 8.28. The van der Waals surface area contributed by atoms with E-state index < -0.39 is 5.41 Å². The molecular formula is C18H26BrNO2. The maximum atomic E-state index is 12.8. The summed E-state index contributed by atoms with van der Waals surface area (Å²) in [6.45, 7) is 7.54. The SMILES string of the molecule is CCN(CC)CCOC(=O)C1(c2ccc([76Br])cc2)CCCC1. The molecule has 1 aromatic carbocycles. The Labute approximate surface area is 142 Å². The molecule has 0 radical (unpaired) electrons. The van der Waals surface area contributed by atoms with E-state index in [1.54, 1.807) is 0 Å². The number of ether oxygens (including phenoxy) is 1. The first-order valence-corrected chi connectivity index (χ1v) is 9.07. The van der Waals surface area contributed by atoms with Crippen LogP contribution in [0.2, 0.25) is 0 Å². The number of carbonyl (C=O) groups is 1. The summed E-state index contributed by atoms with van der Waals surface area (Å²) in [5.74, 6) is -0.0421. The molecule has 0 aliphatic heterocycles. The summed E-state index contributed by atoms with van der Waals surface area (Å²) in [7, 11) is 0. The van der Waals surface area contributed by atoms with Crippen LogP contribution in [0.25, 0.3) is 0 Å². The van der Waals surface area contributed by atoms with E-state index in [2.05, 4.69) is 46.8 Å². The van der Waals surface area contributed by atoms with E-state index in [1.165, 1.54) is 0 Å². The van der Waals surface area contributed by atoms with Gasteiger partial charge in [-0.05, 0) is 43.6 Å². The minimum Gasteiger partial charge on any atom is -0.464 e. The van der Waals surface area contributed by atoms with E-state index in [1.807, 2.05) is 12.1 Å². The molecular weight excluding hydrogens is 338 g/mol. The van der Waals surface area contributed by atoms with Crippen molar-refractivity contribution in [1.82, 2.24) is 4.90 Å². The van der Waals surface area contributed by atoms with Crippen molar-refractivity contribution >= 4 is 21.9 Å². The summed E-state index contributed by atoms with van der Waals surface area (Å²) in [4.78, 5) is 15.0. The standard InChI is InChI=1S/C18H26BrNO2/c1-3-20(4-2)13-14-22-17(21)18(11-5-6-12-18)15-7-9-16(19)10-8-15/h7-10H,3-6,11-14H2,1-2H3/i19-4. The maximum Gasteiger partial charge on any atom is 0.316 e. The summed E-state index contributed by atoms with van der Waals surface area (Å²) in [5, 5.41) is 0. The minimum atomic E-state index is -0.427. The zero-order valence-corrected chi connectivity index (χ0v) is 15.2. The molecule has 2 rings (SSSR count).